The van der Waals surface area contributed by atoms with Crippen molar-refractivity contribution >= 4 is 18.3 Å². The molecule has 0 unspecified atom stereocenters. The molecule has 1 N–H and O–H groups in total. The zero-order valence-electron chi connectivity index (χ0n) is 11.8. The lowest BCUT2D eigenvalue weighted by Gasteiger charge is -2.40. The summed E-state index contributed by atoms with van der Waals surface area (Å²) in [6.07, 6.45) is 5.24. The number of piperidine rings is 1. The zero-order chi connectivity index (χ0) is 13.2. The zero-order valence-corrected chi connectivity index (χ0v) is 12.6. The van der Waals surface area contributed by atoms with Gasteiger partial charge in [-0.2, -0.15) is 5.10 Å². The molecule has 1 aromatic heterocycles. The minimum absolute atomic E-state index is 0. The maximum Gasteiger partial charge on any atom is 0.250 e. The van der Waals surface area contributed by atoms with Crippen LogP contribution in [0.1, 0.15) is 26.7 Å². The molecule has 1 saturated heterocycles. The average molecular weight is 287 g/mol. The van der Waals surface area contributed by atoms with Crippen LogP contribution in [0.3, 0.4) is 0 Å². The highest BCUT2D eigenvalue weighted by molar-refractivity contribution is 5.85. The van der Waals surface area contributed by atoms with Crippen LogP contribution < -0.4 is 5.32 Å². The van der Waals surface area contributed by atoms with Crippen molar-refractivity contribution in [2.45, 2.75) is 38.3 Å². The van der Waals surface area contributed by atoms with Crippen molar-refractivity contribution in [2.75, 3.05) is 20.1 Å². The van der Waals surface area contributed by atoms with Crippen molar-refractivity contribution in [1.29, 1.82) is 0 Å². The second-order valence-electron chi connectivity index (χ2n) is 5.24. The molecule has 5 nitrogen and oxygen atoms in total. The molecule has 0 atom stereocenters. The first-order valence-electron chi connectivity index (χ1n) is 6.56. The summed E-state index contributed by atoms with van der Waals surface area (Å²) in [5.41, 5.74) is -0.506. The Labute approximate surface area is 120 Å². The fraction of sp³-hybridized carbons (Fsp3) is 0.692. The molecule has 0 spiro atoms. The van der Waals surface area contributed by atoms with E-state index in [-0.39, 0.29) is 24.4 Å². The molecular weight excluding hydrogens is 264 g/mol. The molecule has 0 bridgehead atoms. The number of rotatable bonds is 3. The lowest BCUT2D eigenvalue weighted by atomic mass is 9.86. The fourth-order valence-electron chi connectivity index (χ4n) is 2.47. The number of amides is 1. The average Bonchev–Trinajstić information content (AvgIpc) is 2.92. The molecule has 108 valence electrons. The fourth-order valence-corrected chi connectivity index (χ4v) is 2.47. The van der Waals surface area contributed by atoms with Gasteiger partial charge in [-0.15, -0.1) is 12.4 Å². The molecule has 0 aliphatic carbocycles. The van der Waals surface area contributed by atoms with E-state index in [1.807, 2.05) is 42.7 Å². The largest absolute Gasteiger partial charge is 0.341 e. The van der Waals surface area contributed by atoms with E-state index in [4.69, 9.17) is 0 Å². The molecular formula is C13H23ClN4O. The van der Waals surface area contributed by atoms with Gasteiger partial charge in [0.05, 0.1) is 0 Å². The second kappa shape index (κ2) is 6.39. The summed E-state index contributed by atoms with van der Waals surface area (Å²) in [6.45, 7) is 5.79. The van der Waals surface area contributed by atoms with Crippen LogP contribution >= 0.6 is 12.4 Å². The summed E-state index contributed by atoms with van der Waals surface area (Å²) in [5, 5.41) is 7.63. The van der Waals surface area contributed by atoms with Gasteiger partial charge in [-0.05, 0) is 45.8 Å². The van der Waals surface area contributed by atoms with Gasteiger partial charge in [0.1, 0.15) is 5.54 Å². The van der Waals surface area contributed by atoms with Gasteiger partial charge in [-0.25, -0.2) is 0 Å². The normalized spacial score (nSPS) is 17.9. The molecule has 1 fully saturated rings. The third kappa shape index (κ3) is 2.92. The Morgan fingerprint density at radius 2 is 2.05 bits per heavy atom. The van der Waals surface area contributed by atoms with E-state index in [0.717, 1.165) is 25.9 Å². The van der Waals surface area contributed by atoms with Gasteiger partial charge in [0.25, 0.3) is 5.91 Å². The molecule has 1 aliphatic rings. The van der Waals surface area contributed by atoms with Gasteiger partial charge >= 0.3 is 0 Å². The number of hydrogen-bond acceptors (Lipinski definition) is 3. The SMILES string of the molecule is CC(C)N(C)C(=O)C1(n2cccn2)CCNCC1.Cl. The number of halogens is 1. The summed E-state index contributed by atoms with van der Waals surface area (Å²) in [7, 11) is 1.88. The maximum absolute atomic E-state index is 12.8. The maximum atomic E-state index is 12.8. The summed E-state index contributed by atoms with van der Waals surface area (Å²) >= 11 is 0. The van der Waals surface area contributed by atoms with Crippen LogP contribution in [0.25, 0.3) is 0 Å². The van der Waals surface area contributed by atoms with Crippen molar-refractivity contribution in [1.82, 2.24) is 20.0 Å². The highest BCUT2D eigenvalue weighted by Gasteiger charge is 2.43. The van der Waals surface area contributed by atoms with Gasteiger partial charge in [-0.1, -0.05) is 0 Å². The summed E-state index contributed by atoms with van der Waals surface area (Å²) in [4.78, 5) is 14.6. The number of nitrogens with one attached hydrogen (secondary N) is 1. The highest BCUT2D eigenvalue weighted by atomic mass is 35.5. The lowest BCUT2D eigenvalue weighted by Crippen LogP contribution is -2.56. The van der Waals surface area contributed by atoms with Crippen LogP contribution in [0.4, 0.5) is 0 Å². The first kappa shape index (κ1) is 16.0. The summed E-state index contributed by atoms with van der Waals surface area (Å²) in [5.74, 6) is 0.169. The van der Waals surface area contributed by atoms with Crippen LogP contribution in [-0.2, 0) is 10.3 Å². The minimum atomic E-state index is -0.506. The number of likely N-dealkylation sites (N-methyl/N-ethyl adjacent to an activating group) is 1. The van der Waals surface area contributed by atoms with Gasteiger partial charge in [0, 0.05) is 25.5 Å². The lowest BCUT2D eigenvalue weighted by molar-refractivity contribution is -0.143. The predicted octanol–water partition coefficient (Wildman–Crippen LogP) is 1.25. The number of hydrogen-bond donors (Lipinski definition) is 1. The summed E-state index contributed by atoms with van der Waals surface area (Å²) in [6, 6.07) is 2.09. The van der Waals surface area contributed by atoms with E-state index in [1.54, 1.807) is 6.20 Å². The van der Waals surface area contributed by atoms with Crippen LogP contribution in [0, 0.1) is 0 Å². The molecule has 19 heavy (non-hydrogen) atoms. The number of nitrogens with zero attached hydrogens (tertiary/aromatic N) is 3. The van der Waals surface area contributed by atoms with E-state index in [2.05, 4.69) is 10.4 Å². The van der Waals surface area contributed by atoms with Gasteiger partial charge in [0.15, 0.2) is 0 Å². The molecule has 2 heterocycles. The van der Waals surface area contributed by atoms with E-state index in [1.165, 1.54) is 0 Å². The van der Waals surface area contributed by atoms with Crippen LogP contribution in [0.15, 0.2) is 18.5 Å². The van der Waals surface area contributed by atoms with Gasteiger partial charge in [-0.3, -0.25) is 9.48 Å². The molecule has 1 aromatic rings. The Hall–Kier alpha value is -1.07. The van der Waals surface area contributed by atoms with Crippen LogP contribution in [-0.4, -0.2) is 46.8 Å². The molecule has 0 radical (unpaired) electrons. The topological polar surface area (TPSA) is 50.2 Å². The Morgan fingerprint density at radius 1 is 1.42 bits per heavy atom. The predicted molar refractivity (Wildman–Crippen MR) is 77.5 cm³/mol. The Bertz CT molecular complexity index is 399. The van der Waals surface area contributed by atoms with E-state index in [9.17, 15) is 4.79 Å². The van der Waals surface area contributed by atoms with Crippen molar-refractivity contribution in [3.05, 3.63) is 18.5 Å². The van der Waals surface area contributed by atoms with Crippen LogP contribution in [0.5, 0.6) is 0 Å². The van der Waals surface area contributed by atoms with Crippen molar-refractivity contribution in [3.63, 3.8) is 0 Å². The Balaban J connectivity index is 0.00000180. The van der Waals surface area contributed by atoms with E-state index >= 15 is 0 Å². The van der Waals surface area contributed by atoms with Gasteiger partial charge < -0.3 is 10.2 Å². The highest BCUT2D eigenvalue weighted by Crippen LogP contribution is 2.29. The van der Waals surface area contributed by atoms with Gasteiger partial charge in [0.2, 0.25) is 0 Å². The third-order valence-corrected chi connectivity index (χ3v) is 3.87. The Kier molecular flexibility index (Phi) is 5.38. The standard InChI is InChI=1S/C13H22N4O.ClH/c1-11(2)16(3)12(18)13(5-8-14-9-6-13)17-10-4-7-15-17;/h4,7,10-11,14H,5-6,8-9H2,1-3H3;1H. The number of carbonyl (C=O) groups is 1. The molecule has 0 aromatic carbocycles. The summed E-state index contributed by atoms with van der Waals surface area (Å²) < 4.78 is 1.84. The molecule has 2 rings (SSSR count). The van der Waals surface area contributed by atoms with Crippen molar-refractivity contribution < 1.29 is 4.79 Å². The smallest absolute Gasteiger partial charge is 0.250 e. The quantitative estimate of drug-likeness (QED) is 0.910. The van der Waals surface area contributed by atoms with Crippen LogP contribution in [0.2, 0.25) is 0 Å². The monoisotopic (exact) mass is 286 g/mol. The molecule has 0 saturated carbocycles. The second-order valence-corrected chi connectivity index (χ2v) is 5.24. The first-order valence-corrected chi connectivity index (χ1v) is 6.56. The molecule has 1 aliphatic heterocycles. The third-order valence-electron chi connectivity index (χ3n) is 3.87. The minimum Gasteiger partial charge on any atom is -0.341 e. The van der Waals surface area contributed by atoms with E-state index < -0.39 is 5.54 Å². The first-order chi connectivity index (χ1) is 8.58. The van der Waals surface area contributed by atoms with E-state index in [0.29, 0.717) is 0 Å². The Morgan fingerprint density at radius 3 is 2.53 bits per heavy atom. The number of aromatic nitrogens is 2. The molecule has 6 heteroatoms. The number of carbonyl (C=O) groups excluding carboxylic acids is 1. The van der Waals surface area contributed by atoms with Crippen molar-refractivity contribution in [2.24, 2.45) is 0 Å². The van der Waals surface area contributed by atoms with Crippen molar-refractivity contribution in [3.8, 4) is 0 Å². The molecule has 1 amide bonds.